The number of nitrogens with two attached hydrogens (primary N) is 1. The molecule has 0 spiro atoms. The van der Waals surface area contributed by atoms with Crippen molar-refractivity contribution < 1.29 is 4.39 Å². The summed E-state index contributed by atoms with van der Waals surface area (Å²) in [6.45, 7) is 1.62. The van der Waals surface area contributed by atoms with E-state index >= 15 is 0 Å². The summed E-state index contributed by atoms with van der Waals surface area (Å²) >= 11 is 5.69. The van der Waals surface area contributed by atoms with Gasteiger partial charge in [-0.3, -0.25) is 0 Å². The average Bonchev–Trinajstić information content (AvgIpc) is 2.76. The summed E-state index contributed by atoms with van der Waals surface area (Å²) in [5, 5.41) is 0.165. The molecular weight excluding hydrogens is 263 g/mol. The molecule has 1 aliphatic heterocycles. The van der Waals surface area contributed by atoms with Gasteiger partial charge in [0, 0.05) is 24.5 Å². The lowest BCUT2D eigenvalue weighted by Gasteiger charge is -2.19. The minimum absolute atomic E-state index is 0.165. The summed E-state index contributed by atoms with van der Waals surface area (Å²) in [7, 11) is 0. The number of nitrogens with zero attached hydrogens (tertiary/aromatic N) is 1. The molecule has 0 saturated carbocycles. The number of benzene rings is 2. The molecule has 0 aliphatic carbocycles. The standard InChI is InChI=1S/C15H14ClFN2/c16-13-3-1-10(7-14(13)17)9-19-6-5-11-8-12(18)2-4-15(11)19/h1-4,7-8H,5-6,9,18H2. The lowest BCUT2D eigenvalue weighted by molar-refractivity contribution is 0.625. The fraction of sp³-hybridized carbons (Fsp3) is 0.200. The maximum atomic E-state index is 13.4. The summed E-state index contributed by atoms with van der Waals surface area (Å²) < 4.78 is 13.4. The Bertz CT molecular complexity index is 628. The first-order chi connectivity index (χ1) is 9.13. The first-order valence-corrected chi connectivity index (χ1v) is 6.58. The van der Waals surface area contributed by atoms with Crippen molar-refractivity contribution in [2.75, 3.05) is 17.2 Å². The van der Waals surface area contributed by atoms with Gasteiger partial charge < -0.3 is 10.6 Å². The smallest absolute Gasteiger partial charge is 0.142 e. The second-order valence-electron chi connectivity index (χ2n) is 4.81. The van der Waals surface area contributed by atoms with E-state index < -0.39 is 0 Å². The van der Waals surface area contributed by atoms with E-state index in [4.69, 9.17) is 17.3 Å². The highest BCUT2D eigenvalue weighted by Crippen LogP contribution is 2.31. The van der Waals surface area contributed by atoms with E-state index in [0.29, 0.717) is 6.54 Å². The molecule has 19 heavy (non-hydrogen) atoms. The third-order valence-corrected chi connectivity index (χ3v) is 3.76. The Labute approximate surface area is 116 Å². The molecule has 0 bridgehead atoms. The van der Waals surface area contributed by atoms with Gasteiger partial charge >= 0.3 is 0 Å². The Kier molecular flexibility index (Phi) is 3.07. The van der Waals surface area contributed by atoms with Gasteiger partial charge in [0.15, 0.2) is 0 Å². The lowest BCUT2D eigenvalue weighted by Crippen LogP contribution is -2.19. The quantitative estimate of drug-likeness (QED) is 0.849. The largest absolute Gasteiger partial charge is 0.399 e. The molecule has 0 aromatic heterocycles. The summed E-state index contributed by atoms with van der Waals surface area (Å²) in [5.41, 5.74) is 9.94. The second-order valence-corrected chi connectivity index (χ2v) is 5.22. The maximum absolute atomic E-state index is 13.4. The monoisotopic (exact) mass is 276 g/mol. The van der Waals surface area contributed by atoms with Gasteiger partial charge in [0.25, 0.3) is 0 Å². The van der Waals surface area contributed by atoms with Crippen molar-refractivity contribution in [3.63, 3.8) is 0 Å². The molecule has 0 radical (unpaired) electrons. The molecule has 0 amide bonds. The zero-order chi connectivity index (χ0) is 13.4. The number of hydrogen-bond acceptors (Lipinski definition) is 2. The first-order valence-electron chi connectivity index (χ1n) is 6.21. The third kappa shape index (κ3) is 2.38. The van der Waals surface area contributed by atoms with Crippen LogP contribution in [0.1, 0.15) is 11.1 Å². The zero-order valence-corrected chi connectivity index (χ0v) is 11.1. The van der Waals surface area contributed by atoms with Gasteiger partial charge in [-0.1, -0.05) is 17.7 Å². The molecule has 4 heteroatoms. The lowest BCUT2D eigenvalue weighted by atomic mass is 10.1. The van der Waals surface area contributed by atoms with Crippen LogP contribution in [-0.2, 0) is 13.0 Å². The molecule has 1 heterocycles. The van der Waals surface area contributed by atoms with Crippen LogP contribution in [0.2, 0.25) is 5.02 Å². The molecule has 98 valence electrons. The van der Waals surface area contributed by atoms with Crippen LogP contribution in [0.4, 0.5) is 15.8 Å². The van der Waals surface area contributed by atoms with Crippen LogP contribution in [-0.4, -0.2) is 6.54 Å². The second kappa shape index (κ2) is 4.74. The SMILES string of the molecule is Nc1ccc2c(c1)CCN2Cc1ccc(Cl)c(F)c1. The van der Waals surface area contributed by atoms with Crippen LogP contribution >= 0.6 is 11.6 Å². The average molecular weight is 277 g/mol. The van der Waals surface area contributed by atoms with Crippen molar-refractivity contribution in [1.82, 2.24) is 0 Å². The predicted octanol–water partition coefficient (Wildman–Crippen LogP) is 3.62. The Morgan fingerprint density at radius 1 is 1.21 bits per heavy atom. The van der Waals surface area contributed by atoms with E-state index in [2.05, 4.69) is 4.90 Å². The first kappa shape index (κ1) is 12.3. The van der Waals surface area contributed by atoms with Crippen molar-refractivity contribution in [2.24, 2.45) is 0 Å². The van der Waals surface area contributed by atoms with Crippen LogP contribution in [0.3, 0.4) is 0 Å². The van der Waals surface area contributed by atoms with Gasteiger partial charge in [0.2, 0.25) is 0 Å². The molecule has 0 atom stereocenters. The molecule has 1 aliphatic rings. The summed E-state index contributed by atoms with van der Waals surface area (Å²) in [5.74, 6) is -0.365. The number of halogens is 2. The van der Waals surface area contributed by atoms with Gasteiger partial charge in [0.05, 0.1) is 5.02 Å². The minimum atomic E-state index is -0.365. The third-order valence-electron chi connectivity index (χ3n) is 3.45. The van der Waals surface area contributed by atoms with Crippen molar-refractivity contribution in [3.8, 4) is 0 Å². The molecule has 2 aromatic carbocycles. The van der Waals surface area contributed by atoms with E-state index in [1.807, 2.05) is 24.3 Å². The summed E-state index contributed by atoms with van der Waals surface area (Å²) in [6, 6.07) is 10.9. The van der Waals surface area contributed by atoms with Gasteiger partial charge in [-0.05, 0) is 47.9 Å². The number of rotatable bonds is 2. The minimum Gasteiger partial charge on any atom is -0.399 e. The highest BCUT2D eigenvalue weighted by atomic mass is 35.5. The molecule has 0 unspecified atom stereocenters. The number of nitrogen functional groups attached to an aromatic ring is 1. The van der Waals surface area contributed by atoms with Gasteiger partial charge in [0.1, 0.15) is 5.82 Å². The fourth-order valence-corrected chi connectivity index (χ4v) is 2.63. The Hall–Kier alpha value is -1.74. The Morgan fingerprint density at radius 3 is 2.84 bits per heavy atom. The molecule has 0 fully saturated rings. The Balaban J connectivity index is 1.84. The van der Waals surface area contributed by atoms with Crippen LogP contribution < -0.4 is 10.6 Å². The highest BCUT2D eigenvalue weighted by molar-refractivity contribution is 6.30. The molecule has 2 aromatic rings. The van der Waals surface area contributed by atoms with E-state index in [1.54, 1.807) is 6.07 Å². The normalized spacial score (nSPS) is 13.7. The number of fused-ring (bicyclic) bond motifs is 1. The van der Waals surface area contributed by atoms with E-state index in [1.165, 1.54) is 17.3 Å². The highest BCUT2D eigenvalue weighted by Gasteiger charge is 2.19. The number of anilines is 2. The summed E-state index contributed by atoms with van der Waals surface area (Å²) in [6.07, 6.45) is 0.983. The van der Waals surface area contributed by atoms with Crippen LogP contribution in [0, 0.1) is 5.82 Å². The van der Waals surface area contributed by atoms with Crippen LogP contribution in [0.25, 0.3) is 0 Å². The van der Waals surface area contributed by atoms with Crippen molar-refractivity contribution >= 4 is 23.0 Å². The van der Waals surface area contributed by atoms with E-state index in [0.717, 1.165) is 24.2 Å². The van der Waals surface area contributed by atoms with Crippen molar-refractivity contribution in [3.05, 3.63) is 58.4 Å². The maximum Gasteiger partial charge on any atom is 0.142 e. The van der Waals surface area contributed by atoms with Crippen LogP contribution in [0.5, 0.6) is 0 Å². The van der Waals surface area contributed by atoms with Crippen LogP contribution in [0.15, 0.2) is 36.4 Å². The van der Waals surface area contributed by atoms with Crippen molar-refractivity contribution in [1.29, 1.82) is 0 Å². The van der Waals surface area contributed by atoms with Gasteiger partial charge in [-0.15, -0.1) is 0 Å². The summed E-state index contributed by atoms with van der Waals surface area (Å²) in [4.78, 5) is 2.23. The molecule has 0 saturated heterocycles. The Morgan fingerprint density at radius 2 is 2.05 bits per heavy atom. The molecular formula is C15H14ClFN2. The predicted molar refractivity (Wildman–Crippen MR) is 77.0 cm³/mol. The number of hydrogen-bond donors (Lipinski definition) is 1. The fourth-order valence-electron chi connectivity index (χ4n) is 2.51. The molecule has 3 rings (SSSR count). The van der Waals surface area contributed by atoms with E-state index in [-0.39, 0.29) is 10.8 Å². The molecule has 2 nitrogen and oxygen atoms in total. The zero-order valence-electron chi connectivity index (χ0n) is 10.4. The van der Waals surface area contributed by atoms with E-state index in [9.17, 15) is 4.39 Å². The van der Waals surface area contributed by atoms with Crippen molar-refractivity contribution in [2.45, 2.75) is 13.0 Å². The molecule has 2 N–H and O–H groups in total. The van der Waals surface area contributed by atoms with Gasteiger partial charge in [-0.2, -0.15) is 0 Å². The topological polar surface area (TPSA) is 29.3 Å². The van der Waals surface area contributed by atoms with Gasteiger partial charge in [-0.25, -0.2) is 4.39 Å².